The van der Waals surface area contributed by atoms with Crippen LogP contribution in [0.1, 0.15) is 42.2 Å². The van der Waals surface area contributed by atoms with Gasteiger partial charge in [-0.2, -0.15) is 4.48 Å². The first-order valence-electron chi connectivity index (χ1n) is 11.6. The lowest BCUT2D eigenvalue weighted by Gasteiger charge is -2.33. The SMILES string of the molecule is C[C@H]1CCC[N+]1(C(=O)NC1CC(=O)OC1OCc1ccccc1)C(=O)c1cc2ccccc2[nH]1. The van der Waals surface area contributed by atoms with Gasteiger partial charge < -0.3 is 14.5 Å². The number of hydrogen-bond donors (Lipinski definition) is 2. The lowest BCUT2D eigenvalue weighted by atomic mass is 10.2. The topological polar surface area (TPSA) is 97.5 Å². The highest BCUT2D eigenvalue weighted by Gasteiger charge is 2.55. The zero-order chi connectivity index (χ0) is 23.7. The Morgan fingerprint density at radius 1 is 1.15 bits per heavy atom. The summed E-state index contributed by atoms with van der Waals surface area (Å²) in [7, 11) is 0. The van der Waals surface area contributed by atoms with Gasteiger partial charge in [-0.25, -0.2) is 9.59 Å². The van der Waals surface area contributed by atoms with Gasteiger partial charge in [0.25, 0.3) is 0 Å². The number of esters is 1. The summed E-state index contributed by atoms with van der Waals surface area (Å²) in [6.45, 7) is 2.57. The molecule has 4 atom stereocenters. The van der Waals surface area contributed by atoms with Crippen molar-refractivity contribution in [2.75, 3.05) is 6.54 Å². The molecule has 0 radical (unpaired) electrons. The number of carbonyl (C=O) groups is 3. The van der Waals surface area contributed by atoms with Gasteiger partial charge in [-0.3, -0.25) is 10.1 Å². The van der Waals surface area contributed by atoms with E-state index in [1.54, 1.807) is 6.07 Å². The zero-order valence-corrected chi connectivity index (χ0v) is 19.0. The van der Waals surface area contributed by atoms with Gasteiger partial charge in [-0.1, -0.05) is 48.5 Å². The Kier molecular flexibility index (Phi) is 5.93. The first-order valence-corrected chi connectivity index (χ1v) is 11.6. The van der Waals surface area contributed by atoms with Crippen molar-refractivity contribution in [2.45, 2.75) is 51.2 Å². The normalized spacial score (nSPS) is 26.5. The van der Waals surface area contributed by atoms with Gasteiger partial charge in [-0.15, -0.1) is 0 Å². The predicted octanol–water partition coefficient (Wildman–Crippen LogP) is 3.88. The number of fused-ring (bicyclic) bond motifs is 1. The number of nitrogens with zero attached hydrogens (tertiary/aromatic N) is 1. The van der Waals surface area contributed by atoms with E-state index in [-0.39, 0.29) is 29.5 Å². The van der Waals surface area contributed by atoms with Crippen LogP contribution >= 0.6 is 0 Å². The van der Waals surface area contributed by atoms with Gasteiger partial charge in [0.1, 0.15) is 17.8 Å². The number of aromatic nitrogens is 1. The van der Waals surface area contributed by atoms with E-state index in [1.807, 2.05) is 61.5 Å². The maximum absolute atomic E-state index is 13.8. The number of nitrogens with one attached hydrogen (secondary N) is 2. The quantitative estimate of drug-likeness (QED) is 0.443. The van der Waals surface area contributed by atoms with Gasteiger partial charge in [-0.05, 0) is 24.6 Å². The van der Waals surface area contributed by atoms with Crippen molar-refractivity contribution in [3.8, 4) is 0 Å². The third kappa shape index (κ3) is 3.99. The Hall–Kier alpha value is -3.49. The maximum atomic E-state index is 13.8. The highest BCUT2D eigenvalue weighted by Crippen LogP contribution is 2.32. The summed E-state index contributed by atoms with van der Waals surface area (Å²) >= 11 is 0. The minimum absolute atomic E-state index is 0.000154. The third-order valence-corrected chi connectivity index (χ3v) is 6.90. The second-order valence-corrected chi connectivity index (χ2v) is 9.07. The van der Waals surface area contributed by atoms with Crippen LogP contribution in [0.2, 0.25) is 0 Å². The number of cyclic esters (lactones) is 1. The zero-order valence-electron chi connectivity index (χ0n) is 19.0. The Bertz CT molecular complexity index is 1190. The van der Waals surface area contributed by atoms with Crippen LogP contribution < -0.4 is 5.32 Å². The number of H-pyrrole nitrogens is 1. The van der Waals surface area contributed by atoms with Crippen molar-refractivity contribution < 1.29 is 28.3 Å². The summed E-state index contributed by atoms with van der Waals surface area (Å²) in [4.78, 5) is 42.7. The number of carbonyl (C=O) groups excluding carboxylic acids is 3. The molecule has 1 aromatic heterocycles. The third-order valence-electron chi connectivity index (χ3n) is 6.90. The molecule has 2 aromatic carbocycles. The van der Waals surface area contributed by atoms with Gasteiger partial charge in [0.05, 0.1) is 19.6 Å². The van der Waals surface area contributed by atoms with Crippen molar-refractivity contribution >= 4 is 28.8 Å². The number of para-hydroxylation sites is 1. The summed E-state index contributed by atoms with van der Waals surface area (Å²) in [5, 5.41) is 3.84. The van der Waals surface area contributed by atoms with Gasteiger partial charge in [0.2, 0.25) is 6.29 Å². The number of benzene rings is 2. The van der Waals surface area contributed by atoms with E-state index >= 15 is 0 Å². The molecule has 5 rings (SSSR count). The average Bonchev–Trinajstić information content (AvgIpc) is 3.54. The molecule has 3 aromatic rings. The molecule has 0 aliphatic carbocycles. The van der Waals surface area contributed by atoms with Gasteiger partial charge in [0.15, 0.2) is 0 Å². The van der Waals surface area contributed by atoms with E-state index in [0.717, 1.165) is 29.3 Å². The van der Waals surface area contributed by atoms with Crippen molar-refractivity contribution in [3.05, 3.63) is 71.9 Å². The first-order chi connectivity index (χ1) is 16.5. The molecule has 2 saturated heterocycles. The molecule has 2 fully saturated rings. The Morgan fingerprint density at radius 2 is 1.91 bits per heavy atom. The monoisotopic (exact) mass is 462 g/mol. The fourth-order valence-electron chi connectivity index (χ4n) is 5.01. The molecule has 2 aliphatic heterocycles. The van der Waals surface area contributed by atoms with E-state index in [4.69, 9.17) is 9.47 Å². The molecule has 3 amide bonds. The molecule has 0 spiro atoms. The minimum Gasteiger partial charge on any atom is -0.433 e. The summed E-state index contributed by atoms with van der Waals surface area (Å²) < 4.78 is 10.8. The van der Waals surface area contributed by atoms with Gasteiger partial charge >= 0.3 is 17.9 Å². The fourth-order valence-corrected chi connectivity index (χ4v) is 5.01. The number of likely N-dealkylation sites (tertiary alicyclic amines) is 1. The van der Waals surface area contributed by atoms with Crippen molar-refractivity contribution in [1.29, 1.82) is 0 Å². The van der Waals surface area contributed by atoms with E-state index < -0.39 is 24.3 Å². The smallest absolute Gasteiger partial charge is 0.425 e. The molecule has 176 valence electrons. The molecule has 8 nitrogen and oxygen atoms in total. The van der Waals surface area contributed by atoms with Crippen LogP contribution in [0, 0.1) is 0 Å². The van der Waals surface area contributed by atoms with E-state index in [0.29, 0.717) is 12.2 Å². The van der Waals surface area contributed by atoms with Gasteiger partial charge in [0, 0.05) is 23.7 Å². The lowest BCUT2D eigenvalue weighted by molar-refractivity contribution is -0.778. The molecule has 3 unspecified atom stereocenters. The predicted molar refractivity (Wildman–Crippen MR) is 125 cm³/mol. The van der Waals surface area contributed by atoms with E-state index in [2.05, 4.69) is 10.3 Å². The minimum atomic E-state index is -0.905. The lowest BCUT2D eigenvalue weighted by Crippen LogP contribution is -2.64. The Labute approximate surface area is 197 Å². The van der Waals surface area contributed by atoms with Crippen molar-refractivity contribution in [1.82, 2.24) is 10.3 Å². The Balaban J connectivity index is 1.36. The van der Waals surface area contributed by atoms with Crippen LogP contribution in [0.4, 0.5) is 4.79 Å². The maximum Gasteiger partial charge on any atom is 0.425 e. The summed E-state index contributed by atoms with van der Waals surface area (Å²) in [6, 6.07) is 17.7. The second-order valence-electron chi connectivity index (χ2n) is 9.07. The highest BCUT2D eigenvalue weighted by molar-refractivity contribution is 5.99. The van der Waals surface area contributed by atoms with Crippen molar-refractivity contribution in [3.63, 3.8) is 0 Å². The Morgan fingerprint density at radius 3 is 2.65 bits per heavy atom. The molecular formula is C26H28N3O5+. The molecule has 0 saturated carbocycles. The standard InChI is InChI=1S/C26H27N3O5/c1-17-8-7-13-29(17,24(31)21-14-19-11-5-6-12-20(19)27-21)26(32)28-22-15-23(30)34-25(22)33-16-18-9-3-2-4-10-18/h2-6,9-12,14,17,22,25H,7-8,13,15-16H2,1H3,(H-,27,28,31,32)/p+1/t17-,22?,25?,29?/m0/s1. The molecule has 2 aliphatic rings. The number of hydrogen-bond acceptors (Lipinski definition) is 5. The molecular weight excluding hydrogens is 434 g/mol. The molecule has 0 bridgehead atoms. The van der Waals surface area contributed by atoms with Crippen molar-refractivity contribution in [2.24, 2.45) is 0 Å². The second kappa shape index (κ2) is 9.04. The van der Waals surface area contributed by atoms with Crippen LogP contribution in [0.5, 0.6) is 0 Å². The number of ether oxygens (including phenoxy) is 2. The number of quaternary nitrogens is 1. The summed E-state index contributed by atoms with van der Waals surface area (Å²) in [6.07, 6.45) is 0.611. The highest BCUT2D eigenvalue weighted by atomic mass is 16.7. The van der Waals surface area contributed by atoms with E-state index in [9.17, 15) is 14.4 Å². The van der Waals surface area contributed by atoms with Crippen LogP contribution in [0.25, 0.3) is 10.9 Å². The molecule has 2 N–H and O–H groups in total. The molecule has 34 heavy (non-hydrogen) atoms. The number of amides is 3. The molecule has 8 heteroatoms. The largest absolute Gasteiger partial charge is 0.433 e. The van der Waals surface area contributed by atoms with Crippen LogP contribution in [0.3, 0.4) is 0 Å². The number of urea groups is 1. The average molecular weight is 463 g/mol. The number of aromatic amines is 1. The molecule has 3 heterocycles. The summed E-state index contributed by atoms with van der Waals surface area (Å²) in [5.41, 5.74) is 2.18. The van der Waals surface area contributed by atoms with Crippen LogP contribution in [-0.2, 0) is 20.9 Å². The first kappa shape index (κ1) is 22.3. The number of imide groups is 1. The van der Waals surface area contributed by atoms with Crippen LogP contribution in [-0.4, -0.2) is 52.3 Å². The fraction of sp³-hybridized carbons (Fsp3) is 0.346. The number of rotatable bonds is 5. The van der Waals surface area contributed by atoms with E-state index in [1.165, 1.54) is 0 Å². The van der Waals surface area contributed by atoms with Crippen LogP contribution in [0.15, 0.2) is 60.7 Å². The summed E-state index contributed by atoms with van der Waals surface area (Å²) in [5.74, 6) is -0.711.